The standard InChI is InChI=1S/C14H21NO2/c1-17-11-8-6-10(7-9-11)14(16)12-4-2-3-5-13(12)15/h6-9,12-14,16H,2-5,15H2,1H3/t12-,13+,14?/m1/s1. The molecule has 2 rings (SSSR count). The van der Waals surface area contributed by atoms with Crippen molar-refractivity contribution in [3.05, 3.63) is 29.8 Å². The van der Waals surface area contributed by atoms with Gasteiger partial charge in [-0.3, -0.25) is 0 Å². The van der Waals surface area contributed by atoms with Crippen molar-refractivity contribution >= 4 is 0 Å². The monoisotopic (exact) mass is 235 g/mol. The predicted molar refractivity (Wildman–Crippen MR) is 67.9 cm³/mol. The molecular weight excluding hydrogens is 214 g/mol. The van der Waals surface area contributed by atoms with Gasteiger partial charge in [0.1, 0.15) is 5.75 Å². The third-order valence-corrected chi connectivity index (χ3v) is 3.74. The maximum absolute atomic E-state index is 10.4. The van der Waals surface area contributed by atoms with Crippen molar-refractivity contribution in [3.8, 4) is 5.75 Å². The molecule has 1 aliphatic rings. The summed E-state index contributed by atoms with van der Waals surface area (Å²) < 4.78 is 5.11. The molecule has 3 atom stereocenters. The quantitative estimate of drug-likeness (QED) is 0.844. The molecular formula is C14H21NO2. The molecule has 1 aromatic carbocycles. The van der Waals surface area contributed by atoms with Crippen LogP contribution >= 0.6 is 0 Å². The Bertz CT molecular complexity index is 350. The summed E-state index contributed by atoms with van der Waals surface area (Å²) in [6.45, 7) is 0. The topological polar surface area (TPSA) is 55.5 Å². The first-order valence-electron chi connectivity index (χ1n) is 6.30. The van der Waals surface area contributed by atoms with E-state index in [-0.39, 0.29) is 12.0 Å². The first kappa shape index (κ1) is 12.4. The smallest absolute Gasteiger partial charge is 0.118 e. The van der Waals surface area contributed by atoms with Gasteiger partial charge in [-0.25, -0.2) is 0 Å². The van der Waals surface area contributed by atoms with E-state index in [1.807, 2.05) is 24.3 Å². The van der Waals surface area contributed by atoms with Crippen LogP contribution in [0.1, 0.15) is 37.4 Å². The summed E-state index contributed by atoms with van der Waals surface area (Å²) in [5.41, 5.74) is 7.03. The van der Waals surface area contributed by atoms with Crippen molar-refractivity contribution < 1.29 is 9.84 Å². The van der Waals surface area contributed by atoms with Crippen LogP contribution in [0, 0.1) is 5.92 Å². The average molecular weight is 235 g/mol. The average Bonchev–Trinajstić information content (AvgIpc) is 2.39. The van der Waals surface area contributed by atoms with Crippen LogP contribution in [-0.4, -0.2) is 18.3 Å². The maximum Gasteiger partial charge on any atom is 0.118 e. The number of methoxy groups -OCH3 is 1. The normalized spacial score (nSPS) is 26.5. The lowest BCUT2D eigenvalue weighted by Gasteiger charge is -2.32. The van der Waals surface area contributed by atoms with Crippen molar-refractivity contribution in [3.63, 3.8) is 0 Å². The summed E-state index contributed by atoms with van der Waals surface area (Å²) in [4.78, 5) is 0. The van der Waals surface area contributed by atoms with Gasteiger partial charge in [-0.1, -0.05) is 25.0 Å². The minimum atomic E-state index is -0.448. The Kier molecular flexibility index (Phi) is 4.02. The van der Waals surface area contributed by atoms with Crippen molar-refractivity contribution in [2.75, 3.05) is 7.11 Å². The van der Waals surface area contributed by atoms with E-state index in [2.05, 4.69) is 0 Å². The molecule has 0 amide bonds. The van der Waals surface area contributed by atoms with Gasteiger partial charge in [0.2, 0.25) is 0 Å². The van der Waals surface area contributed by atoms with Crippen LogP contribution in [0.5, 0.6) is 5.75 Å². The van der Waals surface area contributed by atoms with E-state index in [9.17, 15) is 5.11 Å². The van der Waals surface area contributed by atoms with Crippen molar-refractivity contribution in [2.24, 2.45) is 11.7 Å². The molecule has 0 aliphatic heterocycles. The molecule has 1 fully saturated rings. The van der Waals surface area contributed by atoms with E-state index in [4.69, 9.17) is 10.5 Å². The Balaban J connectivity index is 2.09. The fourth-order valence-corrected chi connectivity index (χ4v) is 2.63. The molecule has 0 aromatic heterocycles. The summed E-state index contributed by atoms with van der Waals surface area (Å²) in [5, 5.41) is 10.4. The minimum absolute atomic E-state index is 0.126. The van der Waals surface area contributed by atoms with Crippen molar-refractivity contribution in [2.45, 2.75) is 37.8 Å². The predicted octanol–water partition coefficient (Wildman–Crippen LogP) is 2.25. The van der Waals surface area contributed by atoms with Crippen molar-refractivity contribution in [1.82, 2.24) is 0 Å². The Morgan fingerprint density at radius 2 is 1.88 bits per heavy atom. The molecule has 3 heteroatoms. The molecule has 0 bridgehead atoms. The zero-order valence-electron chi connectivity index (χ0n) is 10.3. The van der Waals surface area contributed by atoms with Crippen molar-refractivity contribution in [1.29, 1.82) is 0 Å². The highest BCUT2D eigenvalue weighted by molar-refractivity contribution is 5.28. The molecule has 1 saturated carbocycles. The molecule has 1 aliphatic carbocycles. The lowest BCUT2D eigenvalue weighted by atomic mass is 9.79. The Labute approximate surface area is 103 Å². The van der Waals surface area contributed by atoms with Crippen LogP contribution in [-0.2, 0) is 0 Å². The van der Waals surface area contributed by atoms with Crippen LogP contribution in [0.3, 0.4) is 0 Å². The number of aliphatic hydroxyl groups is 1. The highest BCUT2D eigenvalue weighted by Gasteiger charge is 2.29. The maximum atomic E-state index is 10.4. The number of hydrogen-bond donors (Lipinski definition) is 2. The summed E-state index contributed by atoms with van der Waals surface area (Å²) in [5.74, 6) is 1.01. The van der Waals surface area contributed by atoms with E-state index in [1.165, 1.54) is 12.8 Å². The lowest BCUT2D eigenvalue weighted by Crippen LogP contribution is -2.36. The Morgan fingerprint density at radius 1 is 1.24 bits per heavy atom. The fourth-order valence-electron chi connectivity index (χ4n) is 2.63. The number of nitrogens with two attached hydrogens (primary N) is 1. The van der Waals surface area contributed by atoms with E-state index in [0.29, 0.717) is 0 Å². The van der Waals surface area contributed by atoms with E-state index in [1.54, 1.807) is 7.11 Å². The van der Waals surface area contributed by atoms with Gasteiger partial charge >= 0.3 is 0 Å². The highest BCUT2D eigenvalue weighted by Crippen LogP contribution is 2.34. The van der Waals surface area contributed by atoms with E-state index >= 15 is 0 Å². The molecule has 0 radical (unpaired) electrons. The number of hydrogen-bond acceptors (Lipinski definition) is 3. The van der Waals surface area contributed by atoms with Gasteiger partial charge < -0.3 is 15.6 Å². The molecule has 0 spiro atoms. The third kappa shape index (κ3) is 2.79. The van der Waals surface area contributed by atoms with Gasteiger partial charge in [-0.2, -0.15) is 0 Å². The first-order valence-corrected chi connectivity index (χ1v) is 6.30. The van der Waals surface area contributed by atoms with E-state index in [0.717, 1.165) is 24.2 Å². The summed E-state index contributed by atoms with van der Waals surface area (Å²) in [6.07, 6.45) is 3.96. The second-order valence-corrected chi connectivity index (χ2v) is 4.83. The van der Waals surface area contributed by atoms with Crippen LogP contribution in [0.2, 0.25) is 0 Å². The molecule has 1 aromatic rings. The van der Waals surface area contributed by atoms with Gasteiger partial charge in [0.05, 0.1) is 13.2 Å². The molecule has 17 heavy (non-hydrogen) atoms. The minimum Gasteiger partial charge on any atom is -0.497 e. The van der Waals surface area contributed by atoms with Gasteiger partial charge in [0.25, 0.3) is 0 Å². The zero-order valence-corrected chi connectivity index (χ0v) is 10.3. The Hall–Kier alpha value is -1.06. The van der Waals surface area contributed by atoms with Crippen LogP contribution in [0.25, 0.3) is 0 Å². The molecule has 3 nitrogen and oxygen atoms in total. The first-order chi connectivity index (χ1) is 8.22. The fraction of sp³-hybridized carbons (Fsp3) is 0.571. The number of benzene rings is 1. The molecule has 3 N–H and O–H groups in total. The molecule has 0 heterocycles. The van der Waals surface area contributed by atoms with Gasteiger partial charge in [-0.15, -0.1) is 0 Å². The summed E-state index contributed by atoms with van der Waals surface area (Å²) in [6, 6.07) is 7.73. The third-order valence-electron chi connectivity index (χ3n) is 3.74. The zero-order chi connectivity index (χ0) is 12.3. The Morgan fingerprint density at radius 3 is 2.47 bits per heavy atom. The second kappa shape index (κ2) is 5.52. The largest absolute Gasteiger partial charge is 0.497 e. The van der Waals surface area contributed by atoms with Crippen LogP contribution in [0.4, 0.5) is 0 Å². The molecule has 1 unspecified atom stereocenters. The van der Waals surface area contributed by atoms with E-state index < -0.39 is 6.10 Å². The van der Waals surface area contributed by atoms with Gasteiger partial charge in [-0.05, 0) is 30.5 Å². The summed E-state index contributed by atoms with van der Waals surface area (Å²) >= 11 is 0. The van der Waals surface area contributed by atoms with Gasteiger partial charge in [0.15, 0.2) is 0 Å². The number of ether oxygens (including phenoxy) is 1. The SMILES string of the molecule is COc1ccc(C(O)[C@@H]2CCCC[C@@H]2N)cc1. The molecule has 94 valence electrons. The summed E-state index contributed by atoms with van der Waals surface area (Å²) in [7, 11) is 1.64. The lowest BCUT2D eigenvalue weighted by molar-refractivity contribution is 0.0721. The van der Waals surface area contributed by atoms with Gasteiger partial charge in [0, 0.05) is 12.0 Å². The molecule has 0 saturated heterocycles. The number of rotatable bonds is 3. The highest BCUT2D eigenvalue weighted by atomic mass is 16.5. The van der Waals surface area contributed by atoms with Crippen LogP contribution in [0.15, 0.2) is 24.3 Å². The number of aliphatic hydroxyl groups excluding tert-OH is 1. The second-order valence-electron chi connectivity index (χ2n) is 4.83. The van der Waals surface area contributed by atoms with Crippen LogP contribution < -0.4 is 10.5 Å².